The molecule has 2 N–H and O–H groups in total. The molecule has 1 fully saturated rings. The van der Waals surface area contributed by atoms with Gasteiger partial charge in [0, 0.05) is 45.0 Å². The average molecular weight is 506 g/mol. The summed E-state index contributed by atoms with van der Waals surface area (Å²) in [4.78, 5) is 12.1. The zero-order valence-electron chi connectivity index (χ0n) is 21.1. The number of rotatable bonds is 7. The van der Waals surface area contributed by atoms with Crippen molar-refractivity contribution in [1.82, 2.24) is 25.1 Å². The third-order valence-corrected chi connectivity index (χ3v) is 8.14. The Hall–Kier alpha value is -3.74. The van der Waals surface area contributed by atoms with E-state index in [0.717, 1.165) is 40.0 Å². The van der Waals surface area contributed by atoms with Crippen LogP contribution in [0.2, 0.25) is 0 Å². The standard InChI is InChI=1S/C31H31N5S/c1-3-21(20-36-13-6-5-7-14-36)16-22(4-2)23-17-26-30(34-35-31(26)32-19-23)28-18-25-24(29-12-9-15-37-29)10-8-11-27(25)33-28/h3-4,8-12,15-19,33H,1,5-7,13-14,20H2,2H3,(H,32,34,35)/b21-16+,22-4+. The van der Waals surface area contributed by atoms with Gasteiger partial charge in [0.1, 0.15) is 0 Å². The van der Waals surface area contributed by atoms with Gasteiger partial charge in [0.2, 0.25) is 0 Å². The van der Waals surface area contributed by atoms with E-state index in [2.05, 4.69) is 93.6 Å². The summed E-state index contributed by atoms with van der Waals surface area (Å²) in [6, 6.07) is 15.1. The van der Waals surface area contributed by atoms with Crippen molar-refractivity contribution >= 4 is 38.8 Å². The molecule has 0 atom stereocenters. The van der Waals surface area contributed by atoms with E-state index >= 15 is 0 Å². The summed E-state index contributed by atoms with van der Waals surface area (Å²) in [5, 5.41) is 12.1. The van der Waals surface area contributed by atoms with Crippen molar-refractivity contribution in [2.75, 3.05) is 19.6 Å². The van der Waals surface area contributed by atoms with E-state index in [1.54, 1.807) is 11.3 Å². The lowest BCUT2D eigenvalue weighted by Gasteiger charge is -2.26. The van der Waals surface area contributed by atoms with Gasteiger partial charge in [-0.2, -0.15) is 5.10 Å². The van der Waals surface area contributed by atoms with Crippen molar-refractivity contribution in [1.29, 1.82) is 0 Å². The van der Waals surface area contributed by atoms with E-state index in [9.17, 15) is 0 Å². The minimum Gasteiger partial charge on any atom is -0.353 e. The average Bonchev–Trinajstić information content (AvgIpc) is 3.70. The van der Waals surface area contributed by atoms with Crippen LogP contribution in [-0.4, -0.2) is 44.7 Å². The predicted molar refractivity (Wildman–Crippen MR) is 157 cm³/mol. The number of nitrogens with zero attached hydrogens (tertiary/aromatic N) is 3. The maximum Gasteiger partial charge on any atom is 0.181 e. The number of benzene rings is 1. The lowest BCUT2D eigenvalue weighted by atomic mass is 10.0. The van der Waals surface area contributed by atoms with Crippen LogP contribution in [0.15, 0.2) is 84.4 Å². The number of aromatic amines is 2. The Bertz CT molecular complexity index is 1610. The van der Waals surface area contributed by atoms with Gasteiger partial charge in [-0.3, -0.25) is 10.00 Å². The Labute approximate surface area is 221 Å². The van der Waals surface area contributed by atoms with Gasteiger partial charge in [-0.25, -0.2) is 4.98 Å². The first-order valence-corrected chi connectivity index (χ1v) is 13.8. The Morgan fingerprint density at radius 1 is 1.11 bits per heavy atom. The van der Waals surface area contributed by atoms with Crippen LogP contribution in [-0.2, 0) is 0 Å². The van der Waals surface area contributed by atoms with E-state index in [4.69, 9.17) is 4.98 Å². The van der Waals surface area contributed by atoms with Crippen molar-refractivity contribution in [3.63, 3.8) is 0 Å². The lowest BCUT2D eigenvalue weighted by molar-refractivity contribution is 0.248. The lowest BCUT2D eigenvalue weighted by Crippen LogP contribution is -2.31. The number of hydrogen-bond acceptors (Lipinski definition) is 4. The first-order chi connectivity index (χ1) is 18.2. The van der Waals surface area contributed by atoms with Crippen LogP contribution in [0.1, 0.15) is 31.7 Å². The molecule has 0 saturated carbocycles. The third-order valence-electron chi connectivity index (χ3n) is 7.23. The second-order valence-electron chi connectivity index (χ2n) is 9.63. The maximum absolute atomic E-state index is 4.70. The quantitative estimate of drug-likeness (QED) is 0.222. The number of aromatic nitrogens is 4. The van der Waals surface area contributed by atoms with Gasteiger partial charge < -0.3 is 4.98 Å². The van der Waals surface area contributed by atoms with Gasteiger partial charge >= 0.3 is 0 Å². The molecule has 5 heterocycles. The molecule has 6 rings (SSSR count). The molecular weight excluding hydrogens is 474 g/mol. The molecular formula is C31H31N5S. The van der Waals surface area contributed by atoms with Crippen LogP contribution in [0, 0.1) is 0 Å². The molecule has 0 spiro atoms. The molecule has 0 bridgehead atoms. The molecule has 5 aromatic rings. The fourth-order valence-electron chi connectivity index (χ4n) is 5.28. The summed E-state index contributed by atoms with van der Waals surface area (Å²) in [7, 11) is 0. The van der Waals surface area contributed by atoms with E-state index < -0.39 is 0 Å². The number of thiophene rings is 1. The number of allylic oxidation sites excluding steroid dienone is 3. The van der Waals surface area contributed by atoms with Gasteiger partial charge in [0.15, 0.2) is 5.65 Å². The smallest absolute Gasteiger partial charge is 0.181 e. The number of likely N-dealkylation sites (tertiary alicyclic amines) is 1. The fraction of sp³-hybridized carbons (Fsp3) is 0.226. The van der Waals surface area contributed by atoms with Gasteiger partial charge in [-0.05, 0) is 73.6 Å². The number of fused-ring (bicyclic) bond motifs is 2. The molecule has 1 aliphatic rings. The molecule has 0 aliphatic carbocycles. The second-order valence-corrected chi connectivity index (χ2v) is 10.6. The zero-order chi connectivity index (χ0) is 25.2. The van der Waals surface area contributed by atoms with Gasteiger partial charge in [0.25, 0.3) is 0 Å². The van der Waals surface area contributed by atoms with Gasteiger partial charge in [0.05, 0.1) is 11.4 Å². The SMILES string of the molecule is C=C/C(=C\C(=C/C)c1cnc2n[nH]c(-c3cc4c(-c5cccs5)cccc4[nH]3)c2c1)CN1CCCCC1. The summed E-state index contributed by atoms with van der Waals surface area (Å²) >= 11 is 1.76. The molecule has 186 valence electrons. The molecule has 1 saturated heterocycles. The van der Waals surface area contributed by atoms with Crippen LogP contribution in [0.4, 0.5) is 0 Å². The highest BCUT2D eigenvalue weighted by Crippen LogP contribution is 2.36. The summed E-state index contributed by atoms with van der Waals surface area (Å²) < 4.78 is 0. The number of H-pyrrole nitrogens is 2. The van der Waals surface area contributed by atoms with E-state index in [-0.39, 0.29) is 0 Å². The number of hydrogen-bond donors (Lipinski definition) is 2. The van der Waals surface area contributed by atoms with Crippen LogP contribution < -0.4 is 0 Å². The van der Waals surface area contributed by atoms with Crippen LogP contribution in [0.3, 0.4) is 0 Å². The Morgan fingerprint density at radius 3 is 2.78 bits per heavy atom. The largest absolute Gasteiger partial charge is 0.353 e. The number of pyridine rings is 1. The molecule has 0 amide bonds. The highest BCUT2D eigenvalue weighted by Gasteiger charge is 2.16. The summed E-state index contributed by atoms with van der Waals surface area (Å²) in [6.07, 6.45) is 12.2. The molecule has 1 aromatic carbocycles. The minimum absolute atomic E-state index is 0.715. The van der Waals surface area contributed by atoms with Crippen LogP contribution >= 0.6 is 11.3 Å². The van der Waals surface area contributed by atoms with E-state index in [0.29, 0.717) is 5.65 Å². The molecule has 0 radical (unpaired) electrons. The first kappa shape index (κ1) is 23.6. The van der Waals surface area contributed by atoms with Crippen LogP contribution in [0.25, 0.3) is 49.3 Å². The maximum atomic E-state index is 4.70. The normalized spacial score (nSPS) is 15.6. The van der Waals surface area contributed by atoms with Crippen molar-refractivity contribution < 1.29 is 0 Å². The number of piperidine rings is 1. The molecule has 1 aliphatic heterocycles. The van der Waals surface area contributed by atoms with Crippen molar-refractivity contribution in [2.24, 2.45) is 0 Å². The molecule has 37 heavy (non-hydrogen) atoms. The summed E-state index contributed by atoms with van der Waals surface area (Å²) in [5.41, 5.74) is 8.48. The van der Waals surface area contributed by atoms with E-state index in [1.165, 1.54) is 53.8 Å². The van der Waals surface area contributed by atoms with Crippen molar-refractivity contribution in [3.8, 4) is 21.8 Å². The zero-order valence-corrected chi connectivity index (χ0v) is 21.9. The monoisotopic (exact) mass is 505 g/mol. The molecule has 5 nitrogen and oxygen atoms in total. The van der Waals surface area contributed by atoms with Crippen molar-refractivity contribution in [2.45, 2.75) is 26.2 Å². The predicted octanol–water partition coefficient (Wildman–Crippen LogP) is 7.84. The minimum atomic E-state index is 0.715. The Kier molecular flexibility index (Phi) is 6.60. The Morgan fingerprint density at radius 2 is 2.00 bits per heavy atom. The van der Waals surface area contributed by atoms with Gasteiger partial charge in [-0.15, -0.1) is 11.3 Å². The van der Waals surface area contributed by atoms with E-state index in [1.807, 2.05) is 12.3 Å². The fourth-order valence-corrected chi connectivity index (χ4v) is 6.04. The molecule has 4 aromatic heterocycles. The highest BCUT2D eigenvalue weighted by atomic mass is 32.1. The van der Waals surface area contributed by atoms with Crippen molar-refractivity contribution in [3.05, 3.63) is 90.0 Å². The molecule has 0 unspecified atom stereocenters. The summed E-state index contributed by atoms with van der Waals surface area (Å²) in [6.45, 7) is 9.45. The second kappa shape index (κ2) is 10.3. The number of nitrogens with one attached hydrogen (secondary N) is 2. The van der Waals surface area contributed by atoms with Gasteiger partial charge in [-0.1, -0.05) is 49.4 Å². The topological polar surface area (TPSA) is 60.6 Å². The molecule has 6 heteroatoms. The summed E-state index contributed by atoms with van der Waals surface area (Å²) in [5.74, 6) is 0. The Balaban J connectivity index is 1.36. The third kappa shape index (κ3) is 4.70. The first-order valence-electron chi connectivity index (χ1n) is 13.0. The van der Waals surface area contributed by atoms with Crippen LogP contribution in [0.5, 0.6) is 0 Å². The highest BCUT2D eigenvalue weighted by molar-refractivity contribution is 7.13.